The van der Waals surface area contributed by atoms with Crippen molar-refractivity contribution in [1.29, 1.82) is 0 Å². The average molecular weight is 658 g/mol. The first kappa shape index (κ1) is 31.9. The summed E-state index contributed by atoms with van der Waals surface area (Å²) in [5.74, 6) is -0.359. The maximum atomic E-state index is 14.0. The first-order valence-corrected chi connectivity index (χ1v) is 18.9. The van der Waals surface area contributed by atoms with Crippen molar-refractivity contribution in [2.45, 2.75) is 141 Å². The van der Waals surface area contributed by atoms with Gasteiger partial charge in [0.25, 0.3) is 0 Å². The highest BCUT2D eigenvalue weighted by Gasteiger charge is 2.87. The molecule has 5 fully saturated rings. The molecule has 4 N–H and O–H groups in total. The van der Waals surface area contributed by atoms with Crippen molar-refractivity contribution in [2.24, 2.45) is 50.7 Å². The van der Waals surface area contributed by atoms with Crippen LogP contribution in [-0.2, 0) is 20.7 Å². The van der Waals surface area contributed by atoms with Gasteiger partial charge in [0.15, 0.2) is 0 Å². The molecule has 7 heteroatoms. The summed E-state index contributed by atoms with van der Waals surface area (Å²) in [4.78, 5) is 30.4. The third kappa shape index (κ3) is 3.29. The van der Waals surface area contributed by atoms with Gasteiger partial charge in [0.1, 0.15) is 18.2 Å². The van der Waals surface area contributed by atoms with E-state index < -0.39 is 34.1 Å². The van der Waals surface area contributed by atoms with E-state index in [-0.39, 0.29) is 64.3 Å². The van der Waals surface area contributed by atoms with Gasteiger partial charge in [-0.25, -0.2) is 0 Å². The summed E-state index contributed by atoms with van der Waals surface area (Å²) in [7, 11) is 0. The molecule has 9 rings (SSSR count). The number of allylic oxidation sites excluding steroid dienone is 2. The molecule has 2 bridgehead atoms. The minimum absolute atomic E-state index is 0.0520. The summed E-state index contributed by atoms with van der Waals surface area (Å²) in [5.41, 5.74) is 1.14. The van der Waals surface area contributed by atoms with Gasteiger partial charge < -0.3 is 29.8 Å². The van der Waals surface area contributed by atoms with Crippen molar-refractivity contribution in [3.8, 4) is 0 Å². The largest absolute Gasteiger partial charge is 0.392 e. The van der Waals surface area contributed by atoms with Gasteiger partial charge in [0.2, 0.25) is 0 Å². The van der Waals surface area contributed by atoms with Gasteiger partial charge in [-0.15, -0.1) is 0 Å². The Labute approximate surface area is 285 Å². The normalized spacial score (nSPS) is 49.7. The quantitative estimate of drug-likeness (QED) is 0.170. The predicted octanol–water partition coefficient (Wildman–Crippen LogP) is 5.97. The highest BCUT2D eigenvalue weighted by molar-refractivity contribution is 5.86. The van der Waals surface area contributed by atoms with Crippen LogP contribution >= 0.6 is 0 Å². The molecule has 1 aliphatic heterocycles. The highest BCUT2D eigenvalue weighted by atomic mass is 16.6. The van der Waals surface area contributed by atoms with E-state index in [1.54, 1.807) is 0 Å². The molecule has 2 spiro atoms. The monoisotopic (exact) mass is 657 g/mol. The molecule has 1 saturated heterocycles. The van der Waals surface area contributed by atoms with Crippen molar-refractivity contribution in [1.82, 2.24) is 4.98 Å². The summed E-state index contributed by atoms with van der Waals surface area (Å²) >= 11 is 0. The number of H-pyrrole nitrogens is 1. The minimum Gasteiger partial charge on any atom is -0.392 e. The maximum Gasteiger partial charge on any atom is 0.139 e. The molecule has 7 nitrogen and oxygen atoms in total. The van der Waals surface area contributed by atoms with Crippen LogP contribution in [0, 0.1) is 50.7 Å². The van der Waals surface area contributed by atoms with Crippen molar-refractivity contribution in [3.05, 3.63) is 46.8 Å². The molecule has 1 aromatic rings. The molecule has 260 valence electrons. The third-order valence-electron chi connectivity index (χ3n) is 17.0. The highest BCUT2D eigenvalue weighted by Crippen LogP contribution is 2.89. The number of aliphatic hydroxyl groups is 3. The number of epoxide rings is 1. The number of hydrogen-bond acceptors (Lipinski definition) is 6. The van der Waals surface area contributed by atoms with Gasteiger partial charge in [-0.05, 0) is 110 Å². The minimum atomic E-state index is -1.20. The Balaban J connectivity index is 1.31. The van der Waals surface area contributed by atoms with Gasteiger partial charge in [-0.2, -0.15) is 0 Å². The van der Waals surface area contributed by atoms with Crippen molar-refractivity contribution in [3.63, 3.8) is 0 Å². The van der Waals surface area contributed by atoms with Crippen LogP contribution in [0.4, 0.5) is 0 Å². The van der Waals surface area contributed by atoms with Gasteiger partial charge in [0, 0.05) is 47.9 Å². The van der Waals surface area contributed by atoms with E-state index in [0.29, 0.717) is 25.7 Å². The smallest absolute Gasteiger partial charge is 0.139 e. The lowest BCUT2D eigenvalue weighted by molar-refractivity contribution is -0.363. The van der Waals surface area contributed by atoms with E-state index in [0.717, 1.165) is 44.1 Å². The summed E-state index contributed by atoms with van der Waals surface area (Å²) in [6.07, 6.45) is 12.8. The zero-order chi connectivity index (χ0) is 34.0. The number of carbonyl (C=O) groups excluding carboxylic acids is 2. The number of rotatable bonds is 6. The average Bonchev–Trinajstić information content (AvgIpc) is 3.29. The second kappa shape index (κ2) is 9.43. The van der Waals surface area contributed by atoms with E-state index in [9.17, 15) is 24.9 Å². The molecule has 0 amide bonds. The van der Waals surface area contributed by atoms with Crippen molar-refractivity contribution in [2.75, 3.05) is 0 Å². The second-order valence-electron chi connectivity index (χ2n) is 19.0. The zero-order valence-electron chi connectivity index (χ0n) is 29.6. The fourth-order valence-corrected chi connectivity index (χ4v) is 15.3. The standard InChI is InChI=1S/C41H55NO6/c1-22(17-29(44)34-36(4,5)48-34)25-8-12-37(6)28(25)21-39(47)14-7-24-18-31(45)35(2,3)30-9-13-38(37)19-23-10-15-42-32(23)26-20-40(38,39)41(24,30)27(11-16-43)33(26)46/h7,10,14-16,22,24,26-27,29-30,33-34,42,44,46-47H,8-9,11-13,17-21H2,1-6H3. The van der Waals surface area contributed by atoms with E-state index in [1.165, 1.54) is 16.7 Å². The molecule has 13 unspecified atom stereocenters. The van der Waals surface area contributed by atoms with Crippen LogP contribution in [0.2, 0.25) is 0 Å². The Morgan fingerprint density at radius 1 is 1.15 bits per heavy atom. The van der Waals surface area contributed by atoms with Crippen LogP contribution in [0.15, 0.2) is 35.6 Å². The Morgan fingerprint density at radius 2 is 1.90 bits per heavy atom. The topological polar surface area (TPSA) is 123 Å². The van der Waals surface area contributed by atoms with Crippen LogP contribution in [0.1, 0.15) is 117 Å². The van der Waals surface area contributed by atoms with Crippen LogP contribution in [0.3, 0.4) is 0 Å². The van der Waals surface area contributed by atoms with E-state index >= 15 is 0 Å². The lowest BCUT2D eigenvalue weighted by Gasteiger charge is -2.84. The number of ketones is 1. The summed E-state index contributed by atoms with van der Waals surface area (Å²) in [6.45, 7) is 13.1. The van der Waals surface area contributed by atoms with Gasteiger partial charge in [-0.3, -0.25) is 4.79 Å². The summed E-state index contributed by atoms with van der Waals surface area (Å²) < 4.78 is 5.84. The number of aromatic nitrogens is 1. The summed E-state index contributed by atoms with van der Waals surface area (Å²) in [5, 5.41) is 37.7. The first-order valence-electron chi connectivity index (χ1n) is 18.9. The number of carbonyl (C=O) groups is 2. The fourth-order valence-electron chi connectivity index (χ4n) is 15.3. The van der Waals surface area contributed by atoms with E-state index in [1.807, 2.05) is 20.0 Å². The molecular weight excluding hydrogens is 602 g/mol. The molecule has 7 aliphatic carbocycles. The lowest BCUT2D eigenvalue weighted by Crippen LogP contribution is -2.84. The SMILES string of the molecule is CC(CC(O)C1OC1(C)C)C1=C2CC3(O)C=CC4CC(=O)C(C)(C)C5CCC6(Cc7cc[nH]c7C7CC36C45C(CC=O)C7O)C2(C)CC1. The maximum absolute atomic E-state index is 14.0. The number of ether oxygens (including phenoxy) is 1. The van der Waals surface area contributed by atoms with Crippen LogP contribution in [0.25, 0.3) is 0 Å². The van der Waals surface area contributed by atoms with E-state index in [2.05, 4.69) is 50.9 Å². The number of aliphatic hydroxyl groups excluding tert-OH is 2. The lowest BCUT2D eigenvalue weighted by atomic mass is 9.20. The van der Waals surface area contributed by atoms with Crippen LogP contribution < -0.4 is 0 Å². The molecule has 0 aromatic carbocycles. The number of fused-ring (bicyclic) bond motifs is 4. The van der Waals surface area contributed by atoms with Gasteiger partial charge in [0.05, 0.1) is 23.4 Å². The molecular formula is C41H55NO6. The molecule has 2 heterocycles. The Kier molecular flexibility index (Phi) is 6.26. The molecule has 13 atom stereocenters. The molecule has 0 radical (unpaired) electrons. The number of aldehydes is 1. The van der Waals surface area contributed by atoms with Crippen molar-refractivity contribution < 1.29 is 29.6 Å². The Bertz CT molecular complexity index is 1670. The van der Waals surface area contributed by atoms with E-state index in [4.69, 9.17) is 4.74 Å². The molecule has 48 heavy (non-hydrogen) atoms. The summed E-state index contributed by atoms with van der Waals surface area (Å²) in [6, 6.07) is 2.21. The Morgan fingerprint density at radius 3 is 2.60 bits per heavy atom. The number of aromatic amines is 1. The molecule has 4 saturated carbocycles. The second-order valence-corrected chi connectivity index (χ2v) is 19.0. The zero-order valence-corrected chi connectivity index (χ0v) is 29.6. The van der Waals surface area contributed by atoms with Gasteiger partial charge >= 0.3 is 0 Å². The fraction of sp³-hybridized carbons (Fsp3) is 0.756. The Hall–Kier alpha value is -2.06. The first-order chi connectivity index (χ1) is 22.6. The third-order valence-corrected chi connectivity index (χ3v) is 17.0. The predicted molar refractivity (Wildman–Crippen MR) is 181 cm³/mol. The number of nitrogens with one attached hydrogen (secondary N) is 1. The molecule has 1 aromatic heterocycles. The molecule has 8 aliphatic rings. The van der Waals surface area contributed by atoms with Gasteiger partial charge in [-0.1, -0.05) is 51.0 Å². The van der Waals surface area contributed by atoms with Crippen molar-refractivity contribution >= 4 is 12.1 Å². The number of Topliss-reactive ketones (excluding diaryl/α,β-unsaturated/α-hetero) is 1. The van der Waals surface area contributed by atoms with Crippen LogP contribution in [-0.4, -0.2) is 61.9 Å². The van der Waals surface area contributed by atoms with Crippen LogP contribution in [0.5, 0.6) is 0 Å². The number of hydrogen-bond donors (Lipinski definition) is 4.